The molecule has 0 saturated heterocycles. The van der Waals surface area contributed by atoms with E-state index in [1.807, 2.05) is 25.1 Å². The molecule has 5 heteroatoms. The predicted octanol–water partition coefficient (Wildman–Crippen LogP) is 2.42. The van der Waals surface area contributed by atoms with Gasteiger partial charge in [-0.2, -0.15) is 0 Å². The zero-order valence-electron chi connectivity index (χ0n) is 12.1. The number of benzene rings is 1. The molecule has 1 amide bonds. The van der Waals surface area contributed by atoms with Crippen molar-refractivity contribution in [1.82, 2.24) is 14.9 Å². The number of hydrogen-bond acceptors (Lipinski definition) is 3. The molecule has 2 aromatic rings. The van der Waals surface area contributed by atoms with Gasteiger partial charge in [-0.05, 0) is 37.6 Å². The van der Waals surface area contributed by atoms with Gasteiger partial charge in [0.1, 0.15) is 5.82 Å². The van der Waals surface area contributed by atoms with Crippen molar-refractivity contribution in [3.63, 3.8) is 0 Å². The number of amides is 1. The smallest absolute Gasteiger partial charge is 0.254 e. The Kier molecular flexibility index (Phi) is 4.40. The highest BCUT2D eigenvalue weighted by molar-refractivity contribution is 5.94. The van der Waals surface area contributed by atoms with Gasteiger partial charge in [0.2, 0.25) is 0 Å². The number of H-pyrrole nitrogens is 1. The van der Waals surface area contributed by atoms with Gasteiger partial charge in [-0.15, -0.1) is 0 Å². The first kappa shape index (κ1) is 14.1. The van der Waals surface area contributed by atoms with E-state index in [2.05, 4.69) is 22.2 Å². The summed E-state index contributed by atoms with van der Waals surface area (Å²) in [4.78, 5) is 21.1. The summed E-state index contributed by atoms with van der Waals surface area (Å²) in [6, 6.07) is 5.72. The number of rotatable bonds is 5. The predicted molar refractivity (Wildman–Crippen MR) is 79.7 cm³/mol. The molecule has 0 spiro atoms. The average molecular weight is 272 g/mol. The second-order valence-electron chi connectivity index (χ2n) is 4.76. The summed E-state index contributed by atoms with van der Waals surface area (Å²) >= 11 is 0. The molecule has 0 bridgehead atoms. The maximum atomic E-state index is 12.4. The van der Waals surface area contributed by atoms with Crippen LogP contribution in [0.3, 0.4) is 0 Å². The highest BCUT2D eigenvalue weighted by Crippen LogP contribution is 2.17. The first-order valence-corrected chi connectivity index (χ1v) is 6.70. The molecule has 0 fully saturated rings. The molecule has 0 aliphatic carbocycles. The average Bonchev–Trinajstić information content (AvgIpc) is 2.93. The van der Waals surface area contributed by atoms with Crippen molar-refractivity contribution in [2.45, 2.75) is 20.4 Å². The third-order valence-corrected chi connectivity index (χ3v) is 3.13. The van der Waals surface area contributed by atoms with Crippen LogP contribution in [0, 0.1) is 6.92 Å². The van der Waals surface area contributed by atoms with E-state index in [1.165, 1.54) is 0 Å². The highest BCUT2D eigenvalue weighted by Gasteiger charge is 2.13. The molecule has 2 rings (SSSR count). The molecule has 0 atom stereocenters. The standard InChI is InChI=1S/C15H20N4O/c1-4-16-13-6-5-12(9-11(13)2)15(20)19(3)10-14-17-7-8-18-14/h5-9,16H,4,10H2,1-3H3,(H,17,18). The van der Waals surface area contributed by atoms with E-state index in [9.17, 15) is 4.79 Å². The van der Waals surface area contributed by atoms with Crippen molar-refractivity contribution < 1.29 is 4.79 Å². The van der Waals surface area contributed by atoms with Crippen LogP contribution in [0.15, 0.2) is 30.6 Å². The molecular formula is C15H20N4O. The normalized spacial score (nSPS) is 10.3. The molecule has 5 nitrogen and oxygen atoms in total. The van der Waals surface area contributed by atoms with Gasteiger partial charge in [-0.25, -0.2) is 4.98 Å². The van der Waals surface area contributed by atoms with E-state index in [0.29, 0.717) is 12.1 Å². The van der Waals surface area contributed by atoms with Crippen molar-refractivity contribution in [3.8, 4) is 0 Å². The van der Waals surface area contributed by atoms with Crippen LogP contribution in [0.4, 0.5) is 5.69 Å². The fraction of sp³-hybridized carbons (Fsp3) is 0.333. The third kappa shape index (κ3) is 3.17. The Morgan fingerprint density at radius 2 is 2.25 bits per heavy atom. The van der Waals surface area contributed by atoms with E-state index < -0.39 is 0 Å². The van der Waals surface area contributed by atoms with Gasteiger partial charge in [0.25, 0.3) is 5.91 Å². The number of carbonyl (C=O) groups excluding carboxylic acids is 1. The number of aryl methyl sites for hydroxylation is 1. The summed E-state index contributed by atoms with van der Waals surface area (Å²) in [6.07, 6.45) is 3.44. The van der Waals surface area contributed by atoms with Gasteiger partial charge < -0.3 is 15.2 Å². The van der Waals surface area contributed by atoms with E-state index in [0.717, 1.165) is 23.6 Å². The van der Waals surface area contributed by atoms with E-state index >= 15 is 0 Å². The number of aromatic nitrogens is 2. The molecule has 1 aromatic carbocycles. The molecule has 0 saturated carbocycles. The van der Waals surface area contributed by atoms with Crippen molar-refractivity contribution in [3.05, 3.63) is 47.5 Å². The van der Waals surface area contributed by atoms with Gasteiger partial charge in [0, 0.05) is 37.2 Å². The van der Waals surface area contributed by atoms with E-state index in [1.54, 1.807) is 24.3 Å². The lowest BCUT2D eigenvalue weighted by Crippen LogP contribution is -2.26. The number of imidazole rings is 1. The number of nitrogens with one attached hydrogen (secondary N) is 2. The maximum Gasteiger partial charge on any atom is 0.254 e. The lowest BCUT2D eigenvalue weighted by Gasteiger charge is -2.17. The summed E-state index contributed by atoms with van der Waals surface area (Å²) in [5.74, 6) is 0.773. The molecule has 0 radical (unpaired) electrons. The van der Waals surface area contributed by atoms with Gasteiger partial charge in [-0.1, -0.05) is 0 Å². The zero-order valence-corrected chi connectivity index (χ0v) is 12.1. The minimum absolute atomic E-state index is 0.00690. The quantitative estimate of drug-likeness (QED) is 0.878. The Morgan fingerprint density at radius 1 is 1.45 bits per heavy atom. The third-order valence-electron chi connectivity index (χ3n) is 3.13. The first-order valence-electron chi connectivity index (χ1n) is 6.70. The Hall–Kier alpha value is -2.30. The van der Waals surface area contributed by atoms with Gasteiger partial charge in [0.15, 0.2) is 0 Å². The van der Waals surface area contributed by atoms with Crippen LogP contribution in [-0.4, -0.2) is 34.4 Å². The molecule has 2 N–H and O–H groups in total. The number of aromatic amines is 1. The maximum absolute atomic E-state index is 12.4. The lowest BCUT2D eigenvalue weighted by molar-refractivity contribution is 0.0782. The summed E-state index contributed by atoms with van der Waals surface area (Å²) in [7, 11) is 1.78. The summed E-state index contributed by atoms with van der Waals surface area (Å²) < 4.78 is 0. The monoisotopic (exact) mass is 272 g/mol. The van der Waals surface area contributed by atoms with Crippen molar-refractivity contribution in [1.29, 1.82) is 0 Å². The molecule has 106 valence electrons. The minimum Gasteiger partial charge on any atom is -0.385 e. The van der Waals surface area contributed by atoms with Crippen molar-refractivity contribution >= 4 is 11.6 Å². The molecule has 0 aliphatic rings. The van der Waals surface area contributed by atoms with Crippen LogP contribution in [-0.2, 0) is 6.54 Å². The summed E-state index contributed by atoms with van der Waals surface area (Å²) in [5.41, 5.74) is 2.83. The number of nitrogens with zero attached hydrogens (tertiary/aromatic N) is 2. The van der Waals surface area contributed by atoms with E-state index in [-0.39, 0.29) is 5.91 Å². The first-order chi connectivity index (χ1) is 9.61. The molecule has 20 heavy (non-hydrogen) atoms. The van der Waals surface area contributed by atoms with Gasteiger partial charge >= 0.3 is 0 Å². The lowest BCUT2D eigenvalue weighted by atomic mass is 10.1. The molecule has 0 aliphatic heterocycles. The zero-order chi connectivity index (χ0) is 14.5. The Morgan fingerprint density at radius 3 is 2.85 bits per heavy atom. The number of carbonyl (C=O) groups is 1. The van der Waals surface area contributed by atoms with Gasteiger partial charge in [0.05, 0.1) is 6.54 Å². The molecule has 0 unspecified atom stereocenters. The molecular weight excluding hydrogens is 252 g/mol. The Balaban J connectivity index is 2.10. The van der Waals surface area contributed by atoms with Crippen LogP contribution >= 0.6 is 0 Å². The Bertz CT molecular complexity index is 578. The van der Waals surface area contributed by atoms with Crippen LogP contribution in [0.25, 0.3) is 0 Å². The minimum atomic E-state index is -0.00690. The van der Waals surface area contributed by atoms with Crippen LogP contribution in [0.1, 0.15) is 28.7 Å². The largest absolute Gasteiger partial charge is 0.385 e. The fourth-order valence-corrected chi connectivity index (χ4v) is 2.09. The second kappa shape index (κ2) is 6.23. The summed E-state index contributed by atoms with van der Waals surface area (Å²) in [6.45, 7) is 5.39. The van der Waals surface area contributed by atoms with Gasteiger partial charge in [-0.3, -0.25) is 4.79 Å². The van der Waals surface area contributed by atoms with Crippen LogP contribution < -0.4 is 5.32 Å². The van der Waals surface area contributed by atoms with Crippen LogP contribution in [0.2, 0.25) is 0 Å². The Labute approximate surface area is 119 Å². The number of anilines is 1. The summed E-state index contributed by atoms with van der Waals surface area (Å²) in [5, 5.41) is 3.27. The van der Waals surface area contributed by atoms with E-state index in [4.69, 9.17) is 0 Å². The fourth-order valence-electron chi connectivity index (χ4n) is 2.09. The van der Waals surface area contributed by atoms with Crippen LogP contribution in [0.5, 0.6) is 0 Å². The number of hydrogen-bond donors (Lipinski definition) is 2. The highest BCUT2D eigenvalue weighted by atomic mass is 16.2. The van der Waals surface area contributed by atoms with Crippen molar-refractivity contribution in [2.24, 2.45) is 0 Å². The topological polar surface area (TPSA) is 61.0 Å². The molecule has 1 aromatic heterocycles. The molecule has 1 heterocycles. The van der Waals surface area contributed by atoms with Crippen molar-refractivity contribution in [2.75, 3.05) is 18.9 Å². The second-order valence-corrected chi connectivity index (χ2v) is 4.76. The SMILES string of the molecule is CCNc1ccc(C(=O)N(C)Cc2ncc[nH]2)cc1C.